The number of rotatable bonds is 5. The summed E-state index contributed by atoms with van der Waals surface area (Å²) in [6.07, 6.45) is 8.19. The zero-order valence-electron chi connectivity index (χ0n) is 7.96. The Morgan fingerprint density at radius 1 is 1.42 bits per heavy atom. The van der Waals surface area contributed by atoms with Crippen LogP contribution >= 0.6 is 0 Å². The van der Waals surface area contributed by atoms with Crippen molar-refractivity contribution in [2.24, 2.45) is 10.9 Å². The van der Waals surface area contributed by atoms with E-state index < -0.39 is 0 Å². The maximum atomic E-state index is 4.25. The molecule has 0 amide bonds. The second kappa shape index (κ2) is 6.59. The van der Waals surface area contributed by atoms with E-state index in [9.17, 15) is 0 Å². The molecule has 0 fully saturated rings. The standard InChI is InChI=1S/C11H17N/c1-5-8-11(10(4)7-3)12-9-6-2/h5-6,8-10H,1-2,7H2,3-4H3/b11-8-,12-9?. The predicted molar refractivity (Wildman–Crippen MR) is 56.4 cm³/mol. The number of allylic oxidation sites excluding steroid dienone is 4. The van der Waals surface area contributed by atoms with E-state index in [4.69, 9.17) is 0 Å². The summed E-state index contributed by atoms with van der Waals surface area (Å²) in [5.41, 5.74) is 1.06. The minimum Gasteiger partial charge on any atom is -0.261 e. The summed E-state index contributed by atoms with van der Waals surface area (Å²) in [6.45, 7) is 11.5. The minimum atomic E-state index is 0.485. The van der Waals surface area contributed by atoms with Crippen LogP contribution < -0.4 is 0 Å². The van der Waals surface area contributed by atoms with Crippen LogP contribution in [0.15, 0.2) is 42.1 Å². The maximum Gasteiger partial charge on any atom is 0.0431 e. The summed E-state index contributed by atoms with van der Waals surface area (Å²) in [6, 6.07) is 0. The monoisotopic (exact) mass is 163 g/mol. The highest BCUT2D eigenvalue weighted by Crippen LogP contribution is 2.14. The zero-order chi connectivity index (χ0) is 9.40. The van der Waals surface area contributed by atoms with Crippen LogP contribution in [0, 0.1) is 5.92 Å². The molecular weight excluding hydrogens is 146 g/mol. The predicted octanol–water partition coefficient (Wildman–Crippen LogP) is 3.36. The van der Waals surface area contributed by atoms with E-state index in [1.165, 1.54) is 0 Å². The molecule has 0 aromatic rings. The van der Waals surface area contributed by atoms with Crippen molar-refractivity contribution in [3.05, 3.63) is 37.1 Å². The topological polar surface area (TPSA) is 12.4 Å². The molecular formula is C11H17N. The van der Waals surface area contributed by atoms with Crippen molar-refractivity contribution >= 4 is 6.21 Å². The number of nitrogens with zero attached hydrogens (tertiary/aromatic N) is 1. The molecule has 1 heteroatoms. The number of hydrogen-bond donors (Lipinski definition) is 0. The molecule has 0 bridgehead atoms. The molecule has 1 atom stereocenters. The molecule has 0 N–H and O–H groups in total. The third-order valence-electron chi connectivity index (χ3n) is 1.73. The number of hydrogen-bond acceptors (Lipinski definition) is 1. The molecule has 1 nitrogen and oxygen atoms in total. The van der Waals surface area contributed by atoms with E-state index in [1.807, 2.05) is 6.08 Å². The van der Waals surface area contributed by atoms with Gasteiger partial charge in [0.25, 0.3) is 0 Å². The van der Waals surface area contributed by atoms with E-state index in [0.717, 1.165) is 12.1 Å². The molecule has 0 saturated carbocycles. The summed E-state index contributed by atoms with van der Waals surface area (Å²) < 4.78 is 0. The van der Waals surface area contributed by atoms with Crippen molar-refractivity contribution in [3.8, 4) is 0 Å². The maximum absolute atomic E-state index is 4.25. The average molecular weight is 163 g/mol. The lowest BCUT2D eigenvalue weighted by Crippen LogP contribution is -1.94. The largest absolute Gasteiger partial charge is 0.261 e. The first-order valence-corrected chi connectivity index (χ1v) is 4.24. The lowest BCUT2D eigenvalue weighted by Gasteiger charge is -2.07. The lowest BCUT2D eigenvalue weighted by molar-refractivity contribution is 0.649. The van der Waals surface area contributed by atoms with Crippen LogP contribution in [0.4, 0.5) is 0 Å². The van der Waals surface area contributed by atoms with Gasteiger partial charge >= 0.3 is 0 Å². The van der Waals surface area contributed by atoms with Crippen molar-refractivity contribution in [1.29, 1.82) is 0 Å². The van der Waals surface area contributed by atoms with Gasteiger partial charge < -0.3 is 0 Å². The summed E-state index contributed by atoms with van der Waals surface area (Å²) in [7, 11) is 0. The quantitative estimate of drug-likeness (QED) is 0.435. The third kappa shape index (κ3) is 3.91. The Hall–Kier alpha value is -1.11. The molecule has 0 aliphatic rings. The van der Waals surface area contributed by atoms with Gasteiger partial charge in [0.2, 0.25) is 0 Å². The average Bonchev–Trinajstić information content (AvgIpc) is 2.11. The second-order valence-electron chi connectivity index (χ2n) is 2.65. The first-order valence-electron chi connectivity index (χ1n) is 4.24. The first kappa shape index (κ1) is 10.9. The fraction of sp³-hybridized carbons (Fsp3) is 0.364. The highest BCUT2D eigenvalue weighted by molar-refractivity contribution is 5.71. The Bertz CT molecular complexity index is 199. The van der Waals surface area contributed by atoms with Crippen molar-refractivity contribution < 1.29 is 0 Å². The van der Waals surface area contributed by atoms with E-state index in [0.29, 0.717) is 5.92 Å². The summed E-state index contributed by atoms with van der Waals surface area (Å²) in [5, 5.41) is 0. The van der Waals surface area contributed by atoms with Gasteiger partial charge in [-0.05, 0) is 18.4 Å². The van der Waals surface area contributed by atoms with Crippen molar-refractivity contribution in [2.45, 2.75) is 20.3 Å². The Balaban J connectivity index is 4.42. The third-order valence-corrected chi connectivity index (χ3v) is 1.73. The molecule has 0 spiro atoms. The van der Waals surface area contributed by atoms with Gasteiger partial charge in [-0.25, -0.2) is 0 Å². The van der Waals surface area contributed by atoms with Gasteiger partial charge in [-0.2, -0.15) is 0 Å². The molecule has 0 rings (SSSR count). The Morgan fingerprint density at radius 3 is 2.50 bits per heavy atom. The first-order chi connectivity index (χ1) is 5.76. The highest BCUT2D eigenvalue weighted by Gasteiger charge is 2.02. The van der Waals surface area contributed by atoms with Gasteiger partial charge in [-0.15, -0.1) is 0 Å². The molecule has 0 aromatic carbocycles. The van der Waals surface area contributed by atoms with E-state index in [1.54, 1.807) is 18.4 Å². The van der Waals surface area contributed by atoms with Gasteiger partial charge in [0, 0.05) is 11.9 Å². The van der Waals surface area contributed by atoms with Crippen LogP contribution in [-0.4, -0.2) is 6.21 Å². The van der Waals surface area contributed by atoms with Crippen LogP contribution in [0.3, 0.4) is 0 Å². The fourth-order valence-electron chi connectivity index (χ4n) is 0.803. The number of aliphatic imine (C=N–C) groups is 1. The van der Waals surface area contributed by atoms with Gasteiger partial charge in [-0.3, -0.25) is 4.99 Å². The fourth-order valence-corrected chi connectivity index (χ4v) is 0.803. The smallest absolute Gasteiger partial charge is 0.0431 e. The molecule has 0 saturated heterocycles. The van der Waals surface area contributed by atoms with Gasteiger partial charge in [0.05, 0.1) is 0 Å². The lowest BCUT2D eigenvalue weighted by atomic mass is 10.1. The van der Waals surface area contributed by atoms with Gasteiger partial charge in [-0.1, -0.05) is 39.2 Å². The molecule has 66 valence electrons. The van der Waals surface area contributed by atoms with Gasteiger partial charge in [0.1, 0.15) is 0 Å². The molecule has 0 aliphatic carbocycles. The summed E-state index contributed by atoms with van der Waals surface area (Å²) in [5.74, 6) is 0.485. The van der Waals surface area contributed by atoms with Crippen LogP contribution in [0.5, 0.6) is 0 Å². The molecule has 0 aliphatic heterocycles. The molecule has 0 heterocycles. The van der Waals surface area contributed by atoms with E-state index >= 15 is 0 Å². The van der Waals surface area contributed by atoms with Crippen molar-refractivity contribution in [2.75, 3.05) is 0 Å². The van der Waals surface area contributed by atoms with E-state index in [-0.39, 0.29) is 0 Å². The van der Waals surface area contributed by atoms with Crippen molar-refractivity contribution in [1.82, 2.24) is 0 Å². The Labute approximate surface area is 75.2 Å². The molecule has 0 aromatic heterocycles. The van der Waals surface area contributed by atoms with Crippen LogP contribution in [0.1, 0.15) is 20.3 Å². The minimum absolute atomic E-state index is 0.485. The summed E-state index contributed by atoms with van der Waals surface area (Å²) >= 11 is 0. The van der Waals surface area contributed by atoms with Gasteiger partial charge in [0.15, 0.2) is 0 Å². The Kier molecular flexibility index (Phi) is 5.98. The molecule has 12 heavy (non-hydrogen) atoms. The van der Waals surface area contributed by atoms with E-state index in [2.05, 4.69) is 32.0 Å². The second-order valence-corrected chi connectivity index (χ2v) is 2.65. The van der Waals surface area contributed by atoms with Crippen LogP contribution in [-0.2, 0) is 0 Å². The highest BCUT2D eigenvalue weighted by atomic mass is 14.7. The SMILES string of the molecule is C=CC=N/C(=C\C=C)C(C)CC. The normalized spacial score (nSPS) is 14.7. The zero-order valence-corrected chi connectivity index (χ0v) is 7.96. The Morgan fingerprint density at radius 2 is 2.08 bits per heavy atom. The van der Waals surface area contributed by atoms with Crippen molar-refractivity contribution in [3.63, 3.8) is 0 Å². The van der Waals surface area contributed by atoms with Crippen LogP contribution in [0.2, 0.25) is 0 Å². The van der Waals surface area contributed by atoms with Crippen LogP contribution in [0.25, 0.3) is 0 Å². The summed E-state index contributed by atoms with van der Waals surface area (Å²) in [4.78, 5) is 4.25. The molecule has 0 radical (unpaired) electrons. The molecule has 1 unspecified atom stereocenters.